The second-order valence-electron chi connectivity index (χ2n) is 12.1. The Morgan fingerprint density at radius 2 is 1.85 bits per heavy atom. The molecular formula is C35H40N8O4S. The number of carbonyl (C=O) groups is 2. The van der Waals surface area contributed by atoms with E-state index in [1.807, 2.05) is 61.0 Å². The Kier molecular flexibility index (Phi) is 10.2. The van der Waals surface area contributed by atoms with Crippen molar-refractivity contribution in [3.63, 3.8) is 0 Å². The summed E-state index contributed by atoms with van der Waals surface area (Å²) in [5.41, 5.74) is 4.30. The Morgan fingerprint density at radius 3 is 2.60 bits per heavy atom. The van der Waals surface area contributed by atoms with Gasteiger partial charge in [0.15, 0.2) is 22.5 Å². The summed E-state index contributed by atoms with van der Waals surface area (Å²) in [6.07, 6.45) is 8.31. The minimum Gasteiger partial charge on any atom is -0.481 e. The van der Waals surface area contributed by atoms with Crippen molar-refractivity contribution in [2.75, 3.05) is 23.4 Å². The topological polar surface area (TPSA) is 148 Å². The zero-order chi connectivity index (χ0) is 33.6. The van der Waals surface area contributed by atoms with Crippen LogP contribution >= 0.6 is 11.3 Å². The zero-order valence-electron chi connectivity index (χ0n) is 27.5. The third-order valence-electron chi connectivity index (χ3n) is 8.71. The molecule has 2 N–H and O–H groups in total. The van der Waals surface area contributed by atoms with Crippen molar-refractivity contribution in [2.24, 2.45) is 5.92 Å². The molecule has 250 valence electrons. The number of hydrogen-bond donors (Lipinski definition) is 2. The number of aromatic nitrogens is 6. The van der Waals surface area contributed by atoms with Crippen LogP contribution in [0.5, 0.6) is 0 Å². The summed E-state index contributed by atoms with van der Waals surface area (Å²) in [5.74, 6) is 0.613. The number of rotatable bonds is 13. The van der Waals surface area contributed by atoms with Crippen LogP contribution < -0.4 is 10.2 Å². The highest BCUT2D eigenvalue weighted by molar-refractivity contribution is 7.22. The Labute approximate surface area is 283 Å². The summed E-state index contributed by atoms with van der Waals surface area (Å²) in [6.45, 7) is 7.03. The predicted octanol–water partition coefficient (Wildman–Crippen LogP) is 7.47. The van der Waals surface area contributed by atoms with Gasteiger partial charge in [-0.05, 0) is 81.8 Å². The van der Waals surface area contributed by atoms with Gasteiger partial charge >= 0.3 is 11.9 Å². The average molecular weight is 669 g/mol. The molecule has 12 nitrogen and oxygen atoms in total. The molecule has 1 saturated carbocycles. The van der Waals surface area contributed by atoms with Crippen LogP contribution in [0, 0.1) is 19.8 Å². The number of nitrogens with one attached hydrogen (secondary N) is 1. The first-order valence-electron chi connectivity index (χ1n) is 16.5. The Hall–Kier alpha value is -4.91. The van der Waals surface area contributed by atoms with Crippen molar-refractivity contribution in [1.82, 2.24) is 29.9 Å². The number of fused-ring (bicyclic) bond motifs is 1. The van der Waals surface area contributed by atoms with Crippen LogP contribution in [0.3, 0.4) is 0 Å². The van der Waals surface area contributed by atoms with Crippen molar-refractivity contribution in [3.05, 3.63) is 65.6 Å². The number of para-hydroxylation sites is 1. The van der Waals surface area contributed by atoms with Crippen LogP contribution in [-0.2, 0) is 16.1 Å². The Bertz CT molecular complexity index is 1880. The van der Waals surface area contributed by atoms with Crippen molar-refractivity contribution in [2.45, 2.75) is 72.3 Å². The van der Waals surface area contributed by atoms with Gasteiger partial charge in [0, 0.05) is 36.3 Å². The second-order valence-corrected chi connectivity index (χ2v) is 13.1. The van der Waals surface area contributed by atoms with Crippen LogP contribution in [0.1, 0.15) is 73.6 Å². The van der Waals surface area contributed by atoms with Gasteiger partial charge in [-0.2, -0.15) is 5.10 Å². The summed E-state index contributed by atoms with van der Waals surface area (Å²) in [4.78, 5) is 36.1. The molecule has 13 heteroatoms. The van der Waals surface area contributed by atoms with Crippen LogP contribution in [0.2, 0.25) is 0 Å². The first-order chi connectivity index (χ1) is 23.3. The summed E-state index contributed by atoms with van der Waals surface area (Å²) in [6, 6.07) is 13.4. The number of hydrogen-bond acceptors (Lipinski definition) is 11. The molecule has 1 aliphatic carbocycles. The molecule has 0 amide bonds. The molecule has 0 radical (unpaired) electrons. The number of anilines is 4. The zero-order valence-corrected chi connectivity index (χ0v) is 28.3. The molecule has 0 aliphatic heterocycles. The lowest BCUT2D eigenvalue weighted by Crippen LogP contribution is -2.23. The highest BCUT2D eigenvalue weighted by Crippen LogP contribution is 2.34. The number of carboxylic acids is 1. The van der Waals surface area contributed by atoms with E-state index in [4.69, 9.17) is 14.8 Å². The first kappa shape index (κ1) is 33.0. The third kappa shape index (κ3) is 7.46. The van der Waals surface area contributed by atoms with Crippen LogP contribution in [0.25, 0.3) is 21.3 Å². The van der Waals surface area contributed by atoms with E-state index in [1.54, 1.807) is 18.0 Å². The lowest BCUT2D eigenvalue weighted by atomic mass is 9.89. The number of aryl methyl sites for hydroxylation is 1. The molecule has 5 aromatic rings. The second kappa shape index (κ2) is 14.9. The van der Waals surface area contributed by atoms with E-state index in [0.29, 0.717) is 40.5 Å². The van der Waals surface area contributed by atoms with Gasteiger partial charge < -0.3 is 20.1 Å². The maximum absolute atomic E-state index is 13.4. The van der Waals surface area contributed by atoms with E-state index in [0.717, 1.165) is 33.6 Å². The number of nitrogens with zero attached hydrogens (tertiary/aromatic N) is 7. The van der Waals surface area contributed by atoms with Gasteiger partial charge in [-0.3, -0.25) is 9.48 Å². The number of aliphatic carboxylic acids is 1. The predicted molar refractivity (Wildman–Crippen MR) is 186 cm³/mol. The molecule has 4 aromatic heterocycles. The van der Waals surface area contributed by atoms with Crippen LogP contribution in [0.15, 0.2) is 48.7 Å². The van der Waals surface area contributed by atoms with Gasteiger partial charge in [0.25, 0.3) is 0 Å². The minimum atomic E-state index is -0.899. The molecule has 4 heterocycles. The van der Waals surface area contributed by atoms with Crippen LogP contribution in [0.4, 0.5) is 22.6 Å². The number of pyridine rings is 1. The van der Waals surface area contributed by atoms with Gasteiger partial charge in [-0.15, -0.1) is 10.2 Å². The van der Waals surface area contributed by atoms with Gasteiger partial charge in [-0.1, -0.05) is 42.7 Å². The fraction of sp³-hybridized carbons (Fsp3) is 0.400. The standard InChI is InChI=1S/C35H40N8O4S/c1-4-47-34(46)32-25(26-20-36-43(23(26)3)21-24-11-6-5-7-12-24)16-17-29(38-32)42(18-10-15-31(44)45)30-19-22(2)33(41-40-30)39-35-37-27-13-8-9-14-28(27)48-35/h8-9,13-14,16-17,19-20,24H,4-7,10-12,15,18,21H2,1-3H3,(H,44,45)(H,37,39,41). The van der Waals surface area contributed by atoms with E-state index >= 15 is 0 Å². The molecule has 0 saturated heterocycles. The highest BCUT2D eigenvalue weighted by atomic mass is 32.1. The summed E-state index contributed by atoms with van der Waals surface area (Å²) < 4.78 is 8.56. The smallest absolute Gasteiger partial charge is 0.357 e. The fourth-order valence-corrected chi connectivity index (χ4v) is 7.03. The van der Waals surface area contributed by atoms with E-state index in [-0.39, 0.29) is 25.3 Å². The van der Waals surface area contributed by atoms with Gasteiger partial charge in [0.1, 0.15) is 5.82 Å². The third-order valence-corrected chi connectivity index (χ3v) is 9.67. The van der Waals surface area contributed by atoms with Crippen LogP contribution in [-0.4, -0.2) is 60.1 Å². The summed E-state index contributed by atoms with van der Waals surface area (Å²) in [7, 11) is 0. The number of carbonyl (C=O) groups excluding carboxylic acids is 1. The fourth-order valence-electron chi connectivity index (χ4n) is 6.17. The SMILES string of the molecule is CCOC(=O)c1nc(N(CCCC(=O)O)c2cc(C)c(Nc3nc4ccccc4s3)nn2)ccc1-c1cnn(CC2CCCCC2)c1C. The molecule has 0 unspecified atom stereocenters. The molecule has 1 aliphatic rings. The quantitative estimate of drug-likeness (QED) is 0.120. The molecule has 0 spiro atoms. The van der Waals surface area contributed by atoms with Gasteiger partial charge in [0.05, 0.1) is 23.0 Å². The summed E-state index contributed by atoms with van der Waals surface area (Å²) in [5, 5.41) is 27.0. The molecule has 6 rings (SSSR count). The van der Waals surface area contributed by atoms with E-state index < -0.39 is 11.9 Å². The van der Waals surface area contributed by atoms with Gasteiger partial charge in [-0.25, -0.2) is 14.8 Å². The maximum Gasteiger partial charge on any atom is 0.357 e. The molecule has 1 fully saturated rings. The molecule has 48 heavy (non-hydrogen) atoms. The number of thiazole rings is 1. The summed E-state index contributed by atoms with van der Waals surface area (Å²) >= 11 is 1.52. The normalized spacial score (nSPS) is 13.5. The molecule has 1 aromatic carbocycles. The Morgan fingerprint density at radius 1 is 1.04 bits per heavy atom. The lowest BCUT2D eigenvalue weighted by molar-refractivity contribution is -0.137. The number of benzene rings is 1. The molecule has 0 bridgehead atoms. The van der Waals surface area contributed by atoms with Crippen molar-refractivity contribution in [1.29, 1.82) is 0 Å². The number of esters is 1. The van der Waals surface area contributed by atoms with Crippen molar-refractivity contribution >= 4 is 56.1 Å². The number of carboxylic acid groups (broad SMARTS) is 1. The minimum absolute atomic E-state index is 0.0393. The van der Waals surface area contributed by atoms with E-state index in [2.05, 4.69) is 20.5 Å². The maximum atomic E-state index is 13.4. The van der Waals surface area contributed by atoms with Gasteiger partial charge in [0.2, 0.25) is 0 Å². The molecular weight excluding hydrogens is 629 g/mol. The highest BCUT2D eigenvalue weighted by Gasteiger charge is 2.24. The molecule has 0 atom stereocenters. The first-order valence-corrected chi connectivity index (χ1v) is 17.3. The van der Waals surface area contributed by atoms with Crippen molar-refractivity contribution < 1.29 is 19.4 Å². The van der Waals surface area contributed by atoms with E-state index in [1.165, 1.54) is 43.4 Å². The van der Waals surface area contributed by atoms with E-state index in [9.17, 15) is 14.7 Å². The Balaban J connectivity index is 1.32. The average Bonchev–Trinajstić information content (AvgIpc) is 3.66. The lowest BCUT2D eigenvalue weighted by Gasteiger charge is -2.24. The van der Waals surface area contributed by atoms with Crippen molar-refractivity contribution in [3.8, 4) is 11.1 Å². The number of ether oxygens (including phenoxy) is 1. The monoisotopic (exact) mass is 668 g/mol. The largest absolute Gasteiger partial charge is 0.481 e.